The smallest absolute Gasteiger partial charge is 0.263 e. The van der Waals surface area contributed by atoms with Gasteiger partial charge in [0, 0.05) is 24.1 Å². The Labute approximate surface area is 164 Å². The van der Waals surface area contributed by atoms with Crippen molar-refractivity contribution in [2.45, 2.75) is 13.5 Å². The molecular weight excluding hydrogens is 344 g/mol. The maximum atomic E-state index is 13.4. The fraction of sp³-hybridized carbons (Fsp3) is 0.0800. The summed E-state index contributed by atoms with van der Waals surface area (Å²) in [6.45, 7) is 2.65. The van der Waals surface area contributed by atoms with E-state index in [1.165, 1.54) is 5.56 Å². The highest BCUT2D eigenvalue weighted by Crippen LogP contribution is 2.22. The maximum Gasteiger partial charge on any atom is 0.263 e. The number of pyridine rings is 1. The minimum Gasteiger partial charge on any atom is -0.381 e. The molecule has 0 aliphatic heterocycles. The van der Waals surface area contributed by atoms with Gasteiger partial charge in [-0.25, -0.2) is 0 Å². The van der Waals surface area contributed by atoms with Gasteiger partial charge in [-0.3, -0.25) is 9.36 Å². The minimum absolute atomic E-state index is 0.0133. The van der Waals surface area contributed by atoms with Gasteiger partial charge in [0.1, 0.15) is 0 Å². The Morgan fingerprint density at radius 2 is 1.43 bits per heavy atom. The van der Waals surface area contributed by atoms with Crippen molar-refractivity contribution in [3.05, 3.63) is 119 Å². The predicted molar refractivity (Wildman–Crippen MR) is 116 cm³/mol. The summed E-state index contributed by atoms with van der Waals surface area (Å²) in [7, 11) is 0. The lowest BCUT2D eigenvalue weighted by Crippen LogP contribution is -2.22. The Kier molecular flexibility index (Phi) is 5.07. The van der Waals surface area contributed by atoms with E-state index < -0.39 is 0 Å². The number of nitrogens with one attached hydrogen (secondary N) is 1. The summed E-state index contributed by atoms with van der Waals surface area (Å²) < 4.78 is 1.71. The van der Waals surface area contributed by atoms with E-state index in [-0.39, 0.29) is 5.56 Å². The molecule has 0 saturated heterocycles. The highest BCUT2D eigenvalue weighted by atomic mass is 16.1. The van der Waals surface area contributed by atoms with Crippen LogP contribution in [0.1, 0.15) is 11.1 Å². The lowest BCUT2D eigenvalue weighted by molar-refractivity contribution is 0.972. The van der Waals surface area contributed by atoms with E-state index in [4.69, 9.17) is 0 Å². The molecule has 0 fully saturated rings. The summed E-state index contributed by atoms with van der Waals surface area (Å²) in [5, 5.41) is 3.44. The summed E-state index contributed by atoms with van der Waals surface area (Å²) in [6.07, 6.45) is 1.86. The molecule has 3 nitrogen and oxygen atoms in total. The fourth-order valence-corrected chi connectivity index (χ4v) is 3.29. The van der Waals surface area contributed by atoms with Crippen LogP contribution in [0.25, 0.3) is 16.8 Å². The number of rotatable bonds is 5. The van der Waals surface area contributed by atoms with Gasteiger partial charge in [0.2, 0.25) is 0 Å². The number of hydrogen-bond acceptors (Lipinski definition) is 2. The molecule has 0 saturated carbocycles. The van der Waals surface area contributed by atoms with Gasteiger partial charge in [0.05, 0.1) is 5.56 Å². The number of anilines is 1. The zero-order valence-corrected chi connectivity index (χ0v) is 15.8. The molecule has 3 aromatic carbocycles. The van der Waals surface area contributed by atoms with Crippen LogP contribution in [0.3, 0.4) is 0 Å². The molecule has 1 aromatic heterocycles. The van der Waals surface area contributed by atoms with Crippen molar-refractivity contribution in [2.75, 3.05) is 5.32 Å². The van der Waals surface area contributed by atoms with E-state index in [0.717, 1.165) is 28.1 Å². The Morgan fingerprint density at radius 3 is 2.11 bits per heavy atom. The topological polar surface area (TPSA) is 34.0 Å². The van der Waals surface area contributed by atoms with Crippen molar-refractivity contribution in [3.8, 4) is 16.8 Å². The summed E-state index contributed by atoms with van der Waals surface area (Å²) >= 11 is 0. The van der Waals surface area contributed by atoms with E-state index in [1.54, 1.807) is 4.57 Å². The maximum absolute atomic E-state index is 13.4. The monoisotopic (exact) mass is 366 g/mol. The van der Waals surface area contributed by atoms with Gasteiger partial charge in [-0.05, 0) is 48.4 Å². The van der Waals surface area contributed by atoms with Crippen molar-refractivity contribution in [1.82, 2.24) is 4.57 Å². The Hall–Kier alpha value is -3.59. The standard InChI is InChI=1S/C25H22N2O/c1-19-12-14-22(15-13-19)26-18-21-16-17-27(23-10-6-3-7-11-23)25(28)24(21)20-8-4-2-5-9-20/h2-17,26H,18H2,1H3. The van der Waals surface area contributed by atoms with E-state index in [1.807, 2.05) is 72.9 Å². The van der Waals surface area contributed by atoms with Gasteiger partial charge in [-0.1, -0.05) is 66.2 Å². The lowest BCUT2D eigenvalue weighted by Gasteiger charge is -2.15. The third-order valence-electron chi connectivity index (χ3n) is 4.81. The molecule has 0 unspecified atom stereocenters. The number of para-hydroxylation sites is 1. The van der Waals surface area contributed by atoms with Gasteiger partial charge < -0.3 is 5.32 Å². The van der Waals surface area contributed by atoms with Crippen LogP contribution >= 0.6 is 0 Å². The van der Waals surface area contributed by atoms with Gasteiger partial charge in [-0.2, -0.15) is 0 Å². The first-order valence-corrected chi connectivity index (χ1v) is 9.38. The van der Waals surface area contributed by atoms with E-state index in [2.05, 4.69) is 36.5 Å². The zero-order chi connectivity index (χ0) is 19.3. The number of benzene rings is 3. The van der Waals surface area contributed by atoms with Crippen molar-refractivity contribution >= 4 is 5.69 Å². The number of nitrogens with zero attached hydrogens (tertiary/aromatic N) is 1. The second-order valence-electron chi connectivity index (χ2n) is 6.81. The molecule has 28 heavy (non-hydrogen) atoms. The van der Waals surface area contributed by atoms with Crippen LogP contribution in [0, 0.1) is 6.92 Å². The number of aromatic nitrogens is 1. The normalized spacial score (nSPS) is 10.6. The fourth-order valence-electron chi connectivity index (χ4n) is 3.29. The highest BCUT2D eigenvalue weighted by Gasteiger charge is 2.13. The summed E-state index contributed by atoms with van der Waals surface area (Å²) in [5.41, 5.74) is 5.75. The molecule has 1 heterocycles. The van der Waals surface area contributed by atoms with Crippen molar-refractivity contribution in [3.63, 3.8) is 0 Å². The SMILES string of the molecule is Cc1ccc(NCc2ccn(-c3ccccc3)c(=O)c2-c2ccccc2)cc1. The summed E-state index contributed by atoms with van der Waals surface area (Å²) in [6, 6.07) is 29.9. The first-order valence-electron chi connectivity index (χ1n) is 9.38. The molecule has 0 aliphatic carbocycles. The van der Waals surface area contributed by atoms with Crippen LogP contribution in [0.2, 0.25) is 0 Å². The van der Waals surface area contributed by atoms with Crippen molar-refractivity contribution in [1.29, 1.82) is 0 Å². The van der Waals surface area contributed by atoms with Crippen molar-refractivity contribution in [2.24, 2.45) is 0 Å². The Morgan fingerprint density at radius 1 is 0.786 bits per heavy atom. The molecule has 0 atom stereocenters. The molecule has 0 amide bonds. The summed E-state index contributed by atoms with van der Waals surface area (Å²) in [4.78, 5) is 13.4. The Bertz CT molecular complexity index is 1110. The average Bonchev–Trinajstić information content (AvgIpc) is 2.74. The van der Waals surface area contributed by atoms with Crippen LogP contribution in [-0.2, 0) is 6.54 Å². The van der Waals surface area contributed by atoms with Crippen molar-refractivity contribution < 1.29 is 0 Å². The van der Waals surface area contributed by atoms with E-state index in [0.29, 0.717) is 6.54 Å². The second-order valence-corrected chi connectivity index (χ2v) is 6.81. The van der Waals surface area contributed by atoms with Gasteiger partial charge in [0.15, 0.2) is 0 Å². The molecule has 1 N–H and O–H groups in total. The quantitative estimate of drug-likeness (QED) is 0.511. The van der Waals surface area contributed by atoms with Gasteiger partial charge in [-0.15, -0.1) is 0 Å². The molecule has 138 valence electrons. The second kappa shape index (κ2) is 7.97. The highest BCUT2D eigenvalue weighted by molar-refractivity contribution is 5.67. The minimum atomic E-state index is -0.0133. The molecule has 0 aliphatic rings. The lowest BCUT2D eigenvalue weighted by atomic mass is 10.0. The molecule has 0 bridgehead atoms. The van der Waals surface area contributed by atoms with E-state index in [9.17, 15) is 4.79 Å². The molecular formula is C25H22N2O. The first kappa shape index (κ1) is 17.8. The molecule has 0 radical (unpaired) electrons. The third-order valence-corrected chi connectivity index (χ3v) is 4.81. The van der Waals surface area contributed by atoms with Crippen LogP contribution in [0.5, 0.6) is 0 Å². The van der Waals surface area contributed by atoms with Crippen LogP contribution < -0.4 is 10.9 Å². The molecule has 4 aromatic rings. The average molecular weight is 366 g/mol. The van der Waals surface area contributed by atoms with E-state index >= 15 is 0 Å². The largest absolute Gasteiger partial charge is 0.381 e. The molecule has 3 heteroatoms. The van der Waals surface area contributed by atoms with Crippen LogP contribution in [-0.4, -0.2) is 4.57 Å². The summed E-state index contributed by atoms with van der Waals surface area (Å²) in [5.74, 6) is 0. The number of hydrogen-bond donors (Lipinski definition) is 1. The number of aryl methyl sites for hydroxylation is 1. The van der Waals surface area contributed by atoms with Gasteiger partial charge in [0.25, 0.3) is 5.56 Å². The van der Waals surface area contributed by atoms with Crippen LogP contribution in [0.15, 0.2) is 102 Å². The van der Waals surface area contributed by atoms with Gasteiger partial charge >= 0.3 is 0 Å². The predicted octanol–water partition coefficient (Wildman–Crippen LogP) is 5.43. The first-order chi connectivity index (χ1) is 13.7. The molecule has 4 rings (SSSR count). The molecule has 0 spiro atoms. The zero-order valence-electron chi connectivity index (χ0n) is 15.8. The Balaban J connectivity index is 1.76. The third kappa shape index (κ3) is 3.74. The van der Waals surface area contributed by atoms with Crippen LogP contribution in [0.4, 0.5) is 5.69 Å².